The van der Waals surface area contributed by atoms with Gasteiger partial charge in [-0.1, -0.05) is 17.7 Å². The predicted molar refractivity (Wildman–Crippen MR) is 144 cm³/mol. The van der Waals surface area contributed by atoms with E-state index < -0.39 is 11.7 Å². The van der Waals surface area contributed by atoms with Crippen molar-refractivity contribution in [3.8, 4) is 34.3 Å². The Morgan fingerprint density at radius 1 is 1.16 bits per heavy atom. The largest absolute Gasteiger partial charge is 0.496 e. The Morgan fingerprint density at radius 2 is 1.82 bits per heavy atom. The molecule has 0 saturated carbocycles. The lowest BCUT2D eigenvalue weighted by Gasteiger charge is -2.11. The highest BCUT2D eigenvalue weighted by Crippen LogP contribution is 2.38. The third-order valence-electron chi connectivity index (χ3n) is 5.77. The van der Waals surface area contributed by atoms with Crippen molar-refractivity contribution in [2.75, 3.05) is 21.2 Å². The number of furan rings is 1. The number of halogens is 2. The average molecular weight is 537 g/mol. The van der Waals surface area contributed by atoms with Gasteiger partial charge in [-0.15, -0.1) is 0 Å². The van der Waals surface area contributed by atoms with E-state index in [4.69, 9.17) is 26.0 Å². The third-order valence-corrected chi connectivity index (χ3v) is 6.06. The van der Waals surface area contributed by atoms with Crippen LogP contribution in [0.1, 0.15) is 34.6 Å². The van der Waals surface area contributed by atoms with Gasteiger partial charge in [0.1, 0.15) is 28.0 Å². The molecule has 196 valence electrons. The molecule has 4 rings (SSSR count). The molecule has 0 fully saturated rings. The minimum Gasteiger partial charge on any atom is -0.496 e. The van der Waals surface area contributed by atoms with Crippen LogP contribution in [-0.2, 0) is 0 Å². The van der Waals surface area contributed by atoms with E-state index in [9.17, 15) is 14.0 Å². The van der Waals surface area contributed by atoms with Gasteiger partial charge in [0, 0.05) is 18.2 Å². The molecule has 38 heavy (non-hydrogen) atoms. The van der Waals surface area contributed by atoms with Crippen LogP contribution in [0.15, 0.2) is 52.9 Å². The Labute approximate surface area is 224 Å². The van der Waals surface area contributed by atoms with Crippen LogP contribution < -0.4 is 15.4 Å². The summed E-state index contributed by atoms with van der Waals surface area (Å²) in [6.45, 7) is 3.65. The molecule has 2 heterocycles. The molecule has 4 aromatic rings. The normalized spacial score (nSPS) is 10.8. The first-order chi connectivity index (χ1) is 18.1. The maximum Gasteiger partial charge on any atom is 0.255 e. The van der Waals surface area contributed by atoms with Crippen LogP contribution in [0.25, 0.3) is 33.6 Å². The van der Waals surface area contributed by atoms with Crippen LogP contribution in [0.3, 0.4) is 0 Å². The van der Waals surface area contributed by atoms with Gasteiger partial charge in [0.2, 0.25) is 5.71 Å². The van der Waals surface area contributed by atoms with Crippen LogP contribution in [0.5, 0.6) is 5.75 Å². The van der Waals surface area contributed by atoms with Gasteiger partial charge in [-0.05, 0) is 68.9 Å². The van der Waals surface area contributed by atoms with Gasteiger partial charge in [-0.25, -0.2) is 9.37 Å². The molecule has 0 aliphatic heterocycles. The topological polar surface area (TPSA) is 117 Å². The Bertz CT molecular complexity index is 1520. The van der Waals surface area contributed by atoms with Crippen molar-refractivity contribution in [2.24, 2.45) is 0 Å². The second kappa shape index (κ2) is 11.9. The number of aldehydes is 1. The molecule has 2 N–H and O–H groups in total. The summed E-state index contributed by atoms with van der Waals surface area (Å²) < 4.78 is 24.4. The van der Waals surface area contributed by atoms with Gasteiger partial charge in [0.15, 0.2) is 6.29 Å². The number of nitrogens with zero attached hydrogens (tertiary/aromatic N) is 2. The van der Waals surface area contributed by atoms with Gasteiger partial charge < -0.3 is 19.8 Å². The molecule has 0 aliphatic carbocycles. The number of methoxy groups -OCH3 is 1. The van der Waals surface area contributed by atoms with Crippen LogP contribution in [0.4, 0.5) is 4.39 Å². The van der Waals surface area contributed by atoms with E-state index in [1.165, 1.54) is 38.4 Å². The van der Waals surface area contributed by atoms with Crippen LogP contribution >= 0.6 is 11.6 Å². The minimum absolute atomic E-state index is 0.136. The molecule has 0 atom stereocenters. The Hall–Kier alpha value is -4.26. The van der Waals surface area contributed by atoms with Gasteiger partial charge >= 0.3 is 0 Å². The lowest BCUT2D eigenvalue weighted by Crippen LogP contribution is -2.33. The van der Waals surface area contributed by atoms with Crippen molar-refractivity contribution in [3.05, 3.63) is 70.6 Å². The van der Waals surface area contributed by atoms with Crippen LogP contribution in [0, 0.1) is 17.1 Å². The van der Waals surface area contributed by atoms with Gasteiger partial charge in [0.25, 0.3) is 5.91 Å². The van der Waals surface area contributed by atoms with Gasteiger partial charge in [0.05, 0.1) is 29.7 Å². The van der Waals surface area contributed by atoms with Crippen LogP contribution in [-0.4, -0.2) is 43.9 Å². The SMILES string of the molecule is CNC(=O)c1c(-c2ccc(F)cc2)oc2nc(Cl)c(-c3ccc(OC)c(C=O)c3)cc12.CNC(C)(C)C#N. The zero-order chi connectivity index (χ0) is 28.0. The summed E-state index contributed by atoms with van der Waals surface area (Å²) in [5, 5.41) is 14.3. The number of nitrogens with one attached hydrogen (secondary N) is 2. The lowest BCUT2D eigenvalue weighted by molar-refractivity contribution is 0.0964. The summed E-state index contributed by atoms with van der Waals surface area (Å²) in [4.78, 5) is 28.4. The van der Waals surface area contributed by atoms with Crippen molar-refractivity contribution >= 4 is 34.9 Å². The maximum absolute atomic E-state index is 13.4. The maximum atomic E-state index is 13.4. The van der Waals surface area contributed by atoms with Crippen molar-refractivity contribution in [3.63, 3.8) is 0 Å². The molecule has 0 bridgehead atoms. The number of benzene rings is 2. The Balaban J connectivity index is 0.000000505. The molecule has 10 heteroatoms. The lowest BCUT2D eigenvalue weighted by atomic mass is 10.0. The highest BCUT2D eigenvalue weighted by atomic mass is 35.5. The summed E-state index contributed by atoms with van der Waals surface area (Å²) in [5.74, 6) is -0.123. The smallest absolute Gasteiger partial charge is 0.255 e. The predicted octanol–water partition coefficient (Wildman–Crippen LogP) is 5.64. The van der Waals surface area contributed by atoms with E-state index in [0.29, 0.717) is 39.7 Å². The second-order valence-electron chi connectivity index (χ2n) is 8.63. The first-order valence-corrected chi connectivity index (χ1v) is 11.8. The molecule has 2 aromatic carbocycles. The van der Waals surface area contributed by atoms with E-state index in [-0.39, 0.29) is 27.7 Å². The second-order valence-corrected chi connectivity index (χ2v) is 8.99. The molecule has 0 unspecified atom stereocenters. The minimum atomic E-state index is -0.407. The zero-order valence-electron chi connectivity index (χ0n) is 21.5. The summed E-state index contributed by atoms with van der Waals surface area (Å²) in [7, 11) is 4.74. The molecule has 2 aromatic heterocycles. The molecule has 0 aliphatic rings. The number of hydrogen-bond donors (Lipinski definition) is 2. The number of fused-ring (bicyclic) bond motifs is 1. The molecule has 8 nitrogen and oxygen atoms in total. The highest BCUT2D eigenvalue weighted by Gasteiger charge is 2.24. The van der Waals surface area contributed by atoms with E-state index in [1.54, 1.807) is 31.3 Å². The van der Waals surface area contributed by atoms with Gasteiger partial charge in [-0.2, -0.15) is 5.26 Å². The summed E-state index contributed by atoms with van der Waals surface area (Å²) >= 11 is 6.41. The number of rotatable bonds is 6. The first-order valence-electron chi connectivity index (χ1n) is 11.4. The molecule has 1 amide bonds. The summed E-state index contributed by atoms with van der Waals surface area (Å²) in [5.41, 5.74) is 2.05. The quantitative estimate of drug-likeness (QED) is 0.242. The standard InChI is InChI=1S/C23H16ClFN2O4.C5H10N2/c1-26-22(29)19-17-10-16(13-5-8-18(30-2)14(9-13)11-28)21(24)27-23(17)31-20(19)12-3-6-15(25)7-4-12;1-5(2,4-6)7-3/h3-11H,1-2H3,(H,26,29);7H,1-3H3. The number of aromatic nitrogens is 1. The molecular formula is C28H26ClFN4O4. The average Bonchev–Trinajstić information content (AvgIpc) is 3.30. The molecule has 0 spiro atoms. The van der Waals surface area contributed by atoms with E-state index in [2.05, 4.69) is 21.7 Å². The Kier molecular flexibility index (Phi) is 8.84. The fourth-order valence-electron chi connectivity index (χ4n) is 3.41. The van der Waals surface area contributed by atoms with Gasteiger partial charge in [-0.3, -0.25) is 9.59 Å². The van der Waals surface area contributed by atoms with Crippen molar-refractivity contribution in [1.82, 2.24) is 15.6 Å². The van der Waals surface area contributed by atoms with E-state index >= 15 is 0 Å². The monoisotopic (exact) mass is 536 g/mol. The fourth-order valence-corrected chi connectivity index (χ4v) is 3.65. The number of amides is 1. The van der Waals surface area contributed by atoms with E-state index in [0.717, 1.165) is 0 Å². The number of pyridine rings is 1. The molecular weight excluding hydrogens is 511 g/mol. The third kappa shape index (κ3) is 5.99. The summed E-state index contributed by atoms with van der Waals surface area (Å²) in [6.07, 6.45) is 0.683. The van der Waals surface area contributed by atoms with Crippen molar-refractivity contribution in [1.29, 1.82) is 5.26 Å². The highest BCUT2D eigenvalue weighted by molar-refractivity contribution is 6.32. The first kappa shape index (κ1) is 28.3. The number of nitriles is 1. The number of carbonyl (C=O) groups excluding carboxylic acids is 2. The summed E-state index contributed by atoms with van der Waals surface area (Å²) in [6, 6.07) is 14.4. The molecule has 0 radical (unpaired) electrons. The van der Waals surface area contributed by atoms with Crippen LogP contribution in [0.2, 0.25) is 5.15 Å². The number of ether oxygens (including phenoxy) is 1. The Morgan fingerprint density at radius 3 is 2.34 bits per heavy atom. The van der Waals surface area contributed by atoms with E-state index in [1.807, 2.05) is 13.8 Å². The molecule has 0 saturated heterocycles. The number of carbonyl (C=O) groups is 2. The zero-order valence-corrected chi connectivity index (χ0v) is 22.2. The number of hydrogen-bond acceptors (Lipinski definition) is 7. The van der Waals surface area contributed by atoms with Crippen molar-refractivity contribution in [2.45, 2.75) is 19.4 Å². The fraction of sp³-hybridized carbons (Fsp3) is 0.214. The van der Waals surface area contributed by atoms with Crippen molar-refractivity contribution < 1.29 is 23.1 Å².